The molecule has 0 bridgehead atoms. The zero-order valence-electron chi connectivity index (χ0n) is 9.76. The third-order valence-electron chi connectivity index (χ3n) is 2.84. The van der Waals surface area contributed by atoms with Gasteiger partial charge in [0.1, 0.15) is 5.76 Å². The lowest BCUT2D eigenvalue weighted by molar-refractivity contribution is -0.122. The van der Waals surface area contributed by atoms with Crippen molar-refractivity contribution in [2.45, 2.75) is 25.4 Å². The Morgan fingerprint density at radius 3 is 3.00 bits per heavy atom. The molecule has 1 saturated carbocycles. The summed E-state index contributed by atoms with van der Waals surface area (Å²) in [5.74, 6) is 0.722. The Hall–Kier alpha value is -1.33. The van der Waals surface area contributed by atoms with Gasteiger partial charge in [-0.3, -0.25) is 9.69 Å². The molecule has 0 unspecified atom stereocenters. The van der Waals surface area contributed by atoms with Gasteiger partial charge >= 0.3 is 0 Å². The number of nitrogens with one attached hydrogen (secondary N) is 1. The van der Waals surface area contributed by atoms with Crippen LogP contribution in [0.2, 0.25) is 0 Å². The molecule has 2 N–H and O–H groups in total. The number of carbonyl (C=O) groups excluding carboxylic acids is 1. The van der Waals surface area contributed by atoms with Gasteiger partial charge in [0.25, 0.3) is 0 Å². The van der Waals surface area contributed by atoms with E-state index in [4.69, 9.17) is 9.52 Å². The van der Waals surface area contributed by atoms with E-state index in [1.54, 1.807) is 12.3 Å². The zero-order chi connectivity index (χ0) is 12.1. The average Bonchev–Trinajstić information content (AvgIpc) is 3.03. The highest BCUT2D eigenvalue weighted by atomic mass is 16.3. The smallest absolute Gasteiger partial charge is 0.234 e. The van der Waals surface area contributed by atoms with E-state index < -0.39 is 0 Å². The Balaban J connectivity index is 1.71. The van der Waals surface area contributed by atoms with Gasteiger partial charge < -0.3 is 14.8 Å². The molecule has 0 atom stereocenters. The van der Waals surface area contributed by atoms with Gasteiger partial charge in [-0.15, -0.1) is 0 Å². The fourth-order valence-corrected chi connectivity index (χ4v) is 1.80. The van der Waals surface area contributed by atoms with Crippen LogP contribution < -0.4 is 5.32 Å². The summed E-state index contributed by atoms with van der Waals surface area (Å²) in [7, 11) is 0. The van der Waals surface area contributed by atoms with Crippen LogP contribution >= 0.6 is 0 Å². The van der Waals surface area contributed by atoms with Gasteiger partial charge in [0.05, 0.1) is 26.0 Å². The van der Waals surface area contributed by atoms with Crippen molar-refractivity contribution in [3.05, 3.63) is 24.2 Å². The van der Waals surface area contributed by atoms with Crippen molar-refractivity contribution >= 4 is 5.91 Å². The standard InChI is InChI=1S/C12H18N2O3/c15-6-5-14(10-3-4-10)9-12(16)13-8-11-2-1-7-17-11/h1-2,7,10,15H,3-6,8-9H2,(H,13,16). The molecule has 5 heteroatoms. The number of amides is 1. The quantitative estimate of drug-likeness (QED) is 0.719. The molecule has 0 spiro atoms. The van der Waals surface area contributed by atoms with Gasteiger partial charge in [0, 0.05) is 12.6 Å². The normalized spacial score (nSPS) is 15.2. The lowest BCUT2D eigenvalue weighted by Crippen LogP contribution is -2.39. The number of nitrogens with zero attached hydrogens (tertiary/aromatic N) is 1. The van der Waals surface area contributed by atoms with E-state index in [0.29, 0.717) is 25.7 Å². The van der Waals surface area contributed by atoms with Crippen molar-refractivity contribution in [3.63, 3.8) is 0 Å². The molecule has 1 aromatic rings. The Labute approximate surface area is 100 Å². The second-order valence-corrected chi connectivity index (χ2v) is 4.28. The monoisotopic (exact) mass is 238 g/mol. The second-order valence-electron chi connectivity index (χ2n) is 4.28. The van der Waals surface area contributed by atoms with Gasteiger partial charge in [-0.1, -0.05) is 0 Å². The van der Waals surface area contributed by atoms with Crippen molar-refractivity contribution in [3.8, 4) is 0 Å². The van der Waals surface area contributed by atoms with Gasteiger partial charge in [0.2, 0.25) is 5.91 Å². The van der Waals surface area contributed by atoms with E-state index in [0.717, 1.165) is 18.6 Å². The van der Waals surface area contributed by atoms with E-state index in [2.05, 4.69) is 5.32 Å². The minimum Gasteiger partial charge on any atom is -0.467 e. The minimum absolute atomic E-state index is 0.0262. The summed E-state index contributed by atoms with van der Waals surface area (Å²) >= 11 is 0. The topological polar surface area (TPSA) is 65.7 Å². The van der Waals surface area contributed by atoms with Crippen molar-refractivity contribution in [1.82, 2.24) is 10.2 Å². The number of aliphatic hydroxyl groups is 1. The molecule has 17 heavy (non-hydrogen) atoms. The molecule has 0 saturated heterocycles. The maximum Gasteiger partial charge on any atom is 0.234 e. The predicted molar refractivity (Wildman–Crippen MR) is 62.2 cm³/mol. The molecule has 1 aliphatic carbocycles. The SMILES string of the molecule is O=C(CN(CCO)C1CC1)NCc1ccco1. The van der Waals surface area contributed by atoms with Crippen molar-refractivity contribution < 1.29 is 14.3 Å². The van der Waals surface area contributed by atoms with Crippen LogP contribution in [0.1, 0.15) is 18.6 Å². The van der Waals surface area contributed by atoms with Gasteiger partial charge in [-0.2, -0.15) is 0 Å². The molecular weight excluding hydrogens is 220 g/mol. The summed E-state index contributed by atoms with van der Waals surface area (Å²) in [4.78, 5) is 13.7. The van der Waals surface area contributed by atoms with E-state index in [9.17, 15) is 4.79 Å². The van der Waals surface area contributed by atoms with Crippen LogP contribution in [0.3, 0.4) is 0 Å². The summed E-state index contributed by atoms with van der Waals surface area (Å²) in [5.41, 5.74) is 0. The summed E-state index contributed by atoms with van der Waals surface area (Å²) in [5, 5.41) is 11.7. The number of carbonyl (C=O) groups is 1. The molecule has 1 fully saturated rings. The first-order chi connectivity index (χ1) is 8.29. The van der Waals surface area contributed by atoms with Crippen LogP contribution in [0.4, 0.5) is 0 Å². The van der Waals surface area contributed by atoms with Crippen LogP contribution in [-0.4, -0.2) is 41.7 Å². The highest BCUT2D eigenvalue weighted by molar-refractivity contribution is 5.78. The predicted octanol–water partition coefficient (Wildman–Crippen LogP) is 0.352. The first kappa shape index (κ1) is 12.1. The Morgan fingerprint density at radius 1 is 1.59 bits per heavy atom. The lowest BCUT2D eigenvalue weighted by Gasteiger charge is -2.19. The minimum atomic E-state index is -0.0262. The molecular formula is C12H18N2O3. The molecule has 0 radical (unpaired) electrons. The number of hydrogen-bond acceptors (Lipinski definition) is 4. The van der Waals surface area contributed by atoms with Crippen LogP contribution in [0, 0.1) is 0 Å². The maximum atomic E-state index is 11.7. The molecule has 0 aliphatic heterocycles. The van der Waals surface area contributed by atoms with Crippen LogP contribution in [0.5, 0.6) is 0 Å². The largest absolute Gasteiger partial charge is 0.467 e. The highest BCUT2D eigenvalue weighted by Crippen LogP contribution is 2.25. The summed E-state index contributed by atoms with van der Waals surface area (Å²) < 4.78 is 5.13. The first-order valence-electron chi connectivity index (χ1n) is 5.93. The van der Waals surface area contributed by atoms with Crippen molar-refractivity contribution in [2.24, 2.45) is 0 Å². The van der Waals surface area contributed by atoms with E-state index in [-0.39, 0.29) is 12.5 Å². The summed E-state index contributed by atoms with van der Waals surface area (Å²) in [6.45, 7) is 1.44. The Morgan fingerprint density at radius 2 is 2.41 bits per heavy atom. The van der Waals surface area contributed by atoms with Crippen molar-refractivity contribution in [1.29, 1.82) is 0 Å². The van der Waals surface area contributed by atoms with Crippen LogP contribution in [0.15, 0.2) is 22.8 Å². The van der Waals surface area contributed by atoms with E-state index >= 15 is 0 Å². The number of rotatable bonds is 7. The highest BCUT2D eigenvalue weighted by Gasteiger charge is 2.29. The van der Waals surface area contributed by atoms with Crippen LogP contribution in [-0.2, 0) is 11.3 Å². The molecule has 94 valence electrons. The van der Waals surface area contributed by atoms with Crippen LogP contribution in [0.25, 0.3) is 0 Å². The van der Waals surface area contributed by atoms with Gasteiger partial charge in [-0.25, -0.2) is 0 Å². The average molecular weight is 238 g/mol. The fourth-order valence-electron chi connectivity index (χ4n) is 1.80. The summed E-state index contributed by atoms with van der Waals surface area (Å²) in [6, 6.07) is 4.10. The van der Waals surface area contributed by atoms with Gasteiger partial charge in [0.15, 0.2) is 0 Å². The molecule has 5 nitrogen and oxygen atoms in total. The molecule has 1 aromatic heterocycles. The fraction of sp³-hybridized carbons (Fsp3) is 0.583. The van der Waals surface area contributed by atoms with E-state index in [1.807, 2.05) is 11.0 Å². The Bertz CT molecular complexity index is 347. The number of furan rings is 1. The molecule has 0 aromatic carbocycles. The number of aliphatic hydroxyl groups excluding tert-OH is 1. The molecule has 1 amide bonds. The van der Waals surface area contributed by atoms with Gasteiger partial charge in [-0.05, 0) is 25.0 Å². The molecule has 2 rings (SSSR count). The third kappa shape index (κ3) is 3.87. The second kappa shape index (κ2) is 5.84. The molecule has 1 heterocycles. The molecule has 1 aliphatic rings. The summed E-state index contributed by atoms with van der Waals surface area (Å²) in [6.07, 6.45) is 3.85. The zero-order valence-corrected chi connectivity index (χ0v) is 9.76. The lowest BCUT2D eigenvalue weighted by atomic mass is 10.4. The maximum absolute atomic E-state index is 11.7. The third-order valence-corrected chi connectivity index (χ3v) is 2.84. The van der Waals surface area contributed by atoms with Crippen molar-refractivity contribution in [2.75, 3.05) is 19.7 Å². The first-order valence-corrected chi connectivity index (χ1v) is 5.93. The van der Waals surface area contributed by atoms with E-state index in [1.165, 1.54) is 0 Å². The Kier molecular flexibility index (Phi) is 4.17. The number of hydrogen-bond donors (Lipinski definition) is 2.